The van der Waals surface area contributed by atoms with Gasteiger partial charge in [0.15, 0.2) is 5.15 Å². The molecule has 0 aliphatic carbocycles. The van der Waals surface area contributed by atoms with Gasteiger partial charge < -0.3 is 16.8 Å². The monoisotopic (exact) mass is 276 g/mol. The molecule has 5 N–H and O–H groups in total. The first-order valence-corrected chi connectivity index (χ1v) is 5.94. The number of nitrogen functional groups attached to an aromatic ring is 2. The van der Waals surface area contributed by atoms with Crippen LogP contribution >= 0.6 is 11.6 Å². The van der Waals surface area contributed by atoms with Crippen LogP contribution in [0.15, 0.2) is 30.5 Å². The van der Waals surface area contributed by atoms with Gasteiger partial charge >= 0.3 is 0 Å². The topological polar surface area (TPSA) is 94.0 Å². The van der Waals surface area contributed by atoms with Gasteiger partial charge in [-0.1, -0.05) is 11.6 Å². The highest BCUT2D eigenvalue weighted by Gasteiger charge is 2.13. The van der Waals surface area contributed by atoms with Crippen LogP contribution in [0.5, 0.6) is 0 Å². The summed E-state index contributed by atoms with van der Waals surface area (Å²) in [5, 5.41) is 2.94. The number of amides is 1. The van der Waals surface area contributed by atoms with Crippen LogP contribution in [0.1, 0.15) is 15.9 Å². The Morgan fingerprint density at radius 2 is 2.05 bits per heavy atom. The van der Waals surface area contributed by atoms with E-state index in [-0.39, 0.29) is 11.1 Å². The molecule has 2 rings (SSSR count). The standard InChI is InChI=1S/C13H13ClN4O/c1-7-4-5-17-12(14)11(7)18-13(19)9-3-2-8(15)6-10(9)16/h2-6H,15-16H2,1H3,(H,18,19). The second kappa shape index (κ2) is 5.16. The molecular formula is C13H13ClN4O. The van der Waals surface area contributed by atoms with Crippen molar-refractivity contribution < 1.29 is 4.79 Å². The van der Waals surface area contributed by atoms with Crippen molar-refractivity contribution >= 4 is 34.6 Å². The summed E-state index contributed by atoms with van der Waals surface area (Å²) in [5.74, 6) is -0.351. The number of carbonyl (C=O) groups excluding carboxylic acids is 1. The minimum absolute atomic E-state index is 0.238. The number of nitrogens with one attached hydrogen (secondary N) is 1. The van der Waals surface area contributed by atoms with Crippen molar-refractivity contribution in [3.8, 4) is 0 Å². The van der Waals surface area contributed by atoms with Gasteiger partial charge in [0.1, 0.15) is 0 Å². The Balaban J connectivity index is 2.31. The molecule has 19 heavy (non-hydrogen) atoms. The van der Waals surface area contributed by atoms with E-state index in [9.17, 15) is 4.79 Å². The van der Waals surface area contributed by atoms with E-state index >= 15 is 0 Å². The Kier molecular flexibility index (Phi) is 3.57. The summed E-state index contributed by atoms with van der Waals surface area (Å²) in [5.41, 5.74) is 13.8. The highest BCUT2D eigenvalue weighted by atomic mass is 35.5. The van der Waals surface area contributed by atoms with Gasteiger partial charge in [0.05, 0.1) is 11.3 Å². The molecule has 98 valence electrons. The number of hydrogen-bond acceptors (Lipinski definition) is 4. The molecule has 0 saturated carbocycles. The number of hydrogen-bond donors (Lipinski definition) is 3. The van der Waals surface area contributed by atoms with Gasteiger partial charge in [-0.25, -0.2) is 4.98 Å². The van der Waals surface area contributed by atoms with Crippen LogP contribution < -0.4 is 16.8 Å². The molecule has 1 aromatic heterocycles. The van der Waals surface area contributed by atoms with E-state index in [0.717, 1.165) is 5.56 Å². The number of benzene rings is 1. The Labute approximate surface area is 115 Å². The van der Waals surface area contributed by atoms with Crippen molar-refractivity contribution in [1.29, 1.82) is 0 Å². The maximum absolute atomic E-state index is 12.1. The Morgan fingerprint density at radius 1 is 1.32 bits per heavy atom. The summed E-state index contributed by atoms with van der Waals surface area (Å²) >= 11 is 5.95. The largest absolute Gasteiger partial charge is 0.399 e. The highest BCUT2D eigenvalue weighted by molar-refractivity contribution is 6.33. The first-order valence-electron chi connectivity index (χ1n) is 5.56. The third kappa shape index (κ3) is 2.77. The molecular weight excluding hydrogens is 264 g/mol. The van der Waals surface area contributed by atoms with Crippen molar-refractivity contribution in [2.75, 3.05) is 16.8 Å². The number of aromatic nitrogens is 1. The Hall–Kier alpha value is -2.27. The number of nitrogens with zero attached hydrogens (tertiary/aromatic N) is 1. The Bertz CT molecular complexity index is 622. The number of nitrogens with two attached hydrogens (primary N) is 2. The van der Waals surface area contributed by atoms with Gasteiger partial charge in [-0.3, -0.25) is 4.79 Å². The van der Waals surface area contributed by atoms with Gasteiger partial charge in [0.25, 0.3) is 5.91 Å². The molecule has 0 saturated heterocycles. The minimum atomic E-state index is -0.351. The molecule has 0 unspecified atom stereocenters. The van der Waals surface area contributed by atoms with Crippen molar-refractivity contribution in [2.45, 2.75) is 6.92 Å². The normalized spacial score (nSPS) is 10.2. The van der Waals surface area contributed by atoms with E-state index in [4.69, 9.17) is 23.1 Å². The number of pyridine rings is 1. The molecule has 0 aliphatic heterocycles. The molecule has 6 heteroatoms. The molecule has 5 nitrogen and oxygen atoms in total. The molecule has 0 bridgehead atoms. The lowest BCUT2D eigenvalue weighted by molar-refractivity contribution is 0.102. The lowest BCUT2D eigenvalue weighted by Crippen LogP contribution is -2.15. The molecule has 1 heterocycles. The van der Waals surface area contributed by atoms with Crippen molar-refractivity contribution in [3.63, 3.8) is 0 Å². The molecule has 0 radical (unpaired) electrons. The van der Waals surface area contributed by atoms with E-state index in [2.05, 4.69) is 10.3 Å². The van der Waals surface area contributed by atoms with Crippen LogP contribution in [0.2, 0.25) is 5.15 Å². The molecule has 2 aromatic rings. The van der Waals surface area contributed by atoms with Gasteiger partial charge in [0.2, 0.25) is 0 Å². The zero-order chi connectivity index (χ0) is 14.0. The second-order valence-corrected chi connectivity index (χ2v) is 4.45. The summed E-state index contributed by atoms with van der Waals surface area (Å²) in [4.78, 5) is 16.1. The Morgan fingerprint density at radius 3 is 2.68 bits per heavy atom. The molecule has 0 fully saturated rings. The molecule has 0 spiro atoms. The average Bonchev–Trinajstić information content (AvgIpc) is 2.33. The summed E-state index contributed by atoms with van der Waals surface area (Å²) < 4.78 is 0. The predicted molar refractivity (Wildman–Crippen MR) is 77.2 cm³/mol. The highest BCUT2D eigenvalue weighted by Crippen LogP contribution is 2.24. The summed E-state index contributed by atoms with van der Waals surface area (Å²) in [6.07, 6.45) is 1.57. The van der Waals surface area contributed by atoms with Gasteiger partial charge in [-0.05, 0) is 36.8 Å². The fraction of sp³-hybridized carbons (Fsp3) is 0.0769. The zero-order valence-corrected chi connectivity index (χ0v) is 11.0. The van der Waals surface area contributed by atoms with Crippen molar-refractivity contribution in [1.82, 2.24) is 4.98 Å². The van der Waals surface area contributed by atoms with Crippen LogP contribution in [0.4, 0.5) is 17.1 Å². The van der Waals surface area contributed by atoms with E-state index < -0.39 is 0 Å². The van der Waals surface area contributed by atoms with E-state index in [0.29, 0.717) is 22.6 Å². The zero-order valence-electron chi connectivity index (χ0n) is 10.3. The van der Waals surface area contributed by atoms with Crippen molar-refractivity contribution in [3.05, 3.63) is 46.7 Å². The molecule has 1 amide bonds. The van der Waals surface area contributed by atoms with Crippen molar-refractivity contribution in [2.24, 2.45) is 0 Å². The van der Waals surface area contributed by atoms with Crippen LogP contribution in [0.25, 0.3) is 0 Å². The van der Waals surface area contributed by atoms with E-state index in [1.807, 2.05) is 6.92 Å². The van der Waals surface area contributed by atoms with E-state index in [1.165, 1.54) is 6.07 Å². The molecule has 0 aliphatic rings. The van der Waals surface area contributed by atoms with E-state index in [1.54, 1.807) is 24.4 Å². The quantitative estimate of drug-likeness (QED) is 0.580. The molecule has 1 aromatic carbocycles. The number of anilines is 3. The maximum Gasteiger partial charge on any atom is 0.257 e. The first kappa shape index (κ1) is 13.2. The number of halogens is 1. The van der Waals surface area contributed by atoms with Crippen LogP contribution in [0.3, 0.4) is 0 Å². The predicted octanol–water partition coefficient (Wildman–Crippen LogP) is 2.46. The number of aryl methyl sites for hydroxylation is 1. The summed E-state index contributed by atoms with van der Waals surface area (Å²) in [7, 11) is 0. The molecule has 0 atom stereocenters. The maximum atomic E-state index is 12.1. The lowest BCUT2D eigenvalue weighted by atomic mass is 10.1. The SMILES string of the molecule is Cc1ccnc(Cl)c1NC(=O)c1ccc(N)cc1N. The number of carbonyl (C=O) groups is 1. The minimum Gasteiger partial charge on any atom is -0.399 e. The van der Waals surface area contributed by atoms with Gasteiger partial charge in [0, 0.05) is 17.6 Å². The van der Waals surface area contributed by atoms with Gasteiger partial charge in [-0.15, -0.1) is 0 Å². The van der Waals surface area contributed by atoms with Crippen LogP contribution in [0, 0.1) is 6.92 Å². The fourth-order valence-corrected chi connectivity index (χ4v) is 1.90. The smallest absolute Gasteiger partial charge is 0.257 e. The third-order valence-corrected chi connectivity index (χ3v) is 2.96. The van der Waals surface area contributed by atoms with Gasteiger partial charge in [-0.2, -0.15) is 0 Å². The third-order valence-electron chi connectivity index (χ3n) is 2.67. The summed E-state index contributed by atoms with van der Waals surface area (Å²) in [6.45, 7) is 1.83. The average molecular weight is 277 g/mol. The lowest BCUT2D eigenvalue weighted by Gasteiger charge is -2.11. The fourth-order valence-electron chi connectivity index (χ4n) is 1.64. The first-order chi connectivity index (χ1) is 8.99. The van der Waals surface area contributed by atoms with Crippen LogP contribution in [-0.4, -0.2) is 10.9 Å². The summed E-state index contributed by atoms with van der Waals surface area (Å²) in [6, 6.07) is 6.48. The number of rotatable bonds is 2. The second-order valence-electron chi connectivity index (χ2n) is 4.09. The van der Waals surface area contributed by atoms with Crippen LogP contribution in [-0.2, 0) is 0 Å².